The normalized spacial score (nSPS) is 12.6. The number of aryl methyl sites for hydroxylation is 2. The van der Waals surface area contributed by atoms with E-state index in [1.54, 1.807) is 0 Å². The van der Waals surface area contributed by atoms with Crippen LogP contribution in [0.1, 0.15) is 25.2 Å². The summed E-state index contributed by atoms with van der Waals surface area (Å²) in [6, 6.07) is 1.28. The molecule has 1 atom stereocenters. The molecule has 0 aliphatic heterocycles. The van der Waals surface area contributed by atoms with Crippen LogP contribution in [0.3, 0.4) is 0 Å². The van der Waals surface area contributed by atoms with Gasteiger partial charge in [0, 0.05) is 23.7 Å². The summed E-state index contributed by atoms with van der Waals surface area (Å²) in [6.45, 7) is 4.95. The van der Waals surface area contributed by atoms with Crippen LogP contribution in [0.15, 0.2) is 6.07 Å². The number of carbonyl (C=O) groups is 1. The molecule has 96 valence electrons. The molecule has 0 saturated carbocycles. The molecule has 0 aliphatic rings. The minimum absolute atomic E-state index is 0.422. The second-order valence-corrected chi connectivity index (χ2v) is 4.79. The van der Waals surface area contributed by atoms with Gasteiger partial charge in [-0.05, 0) is 19.4 Å². The predicted molar refractivity (Wildman–Crippen MR) is 69.1 cm³/mol. The minimum atomic E-state index is -0.948. The first-order valence-corrected chi connectivity index (χ1v) is 6.85. The van der Waals surface area contributed by atoms with Crippen LogP contribution in [0.2, 0.25) is 0 Å². The summed E-state index contributed by atoms with van der Waals surface area (Å²) in [5.41, 5.74) is 7.65. The molecule has 1 unspecified atom stereocenters. The Balaban J connectivity index is 2.50. The number of carboxylic acids is 1. The van der Waals surface area contributed by atoms with Crippen molar-refractivity contribution in [3.05, 3.63) is 17.5 Å². The lowest BCUT2D eigenvalue weighted by Crippen LogP contribution is -2.32. The molecule has 0 spiro atoms. The van der Waals surface area contributed by atoms with Gasteiger partial charge in [-0.1, -0.05) is 6.92 Å². The summed E-state index contributed by atoms with van der Waals surface area (Å²) in [5.74, 6) is 0.226. The van der Waals surface area contributed by atoms with Crippen LogP contribution in [0.25, 0.3) is 0 Å². The van der Waals surface area contributed by atoms with Gasteiger partial charge in [-0.25, -0.2) is 0 Å². The molecule has 0 fully saturated rings. The largest absolute Gasteiger partial charge is 0.480 e. The number of nitrogens with two attached hydrogens (primary N) is 1. The summed E-state index contributed by atoms with van der Waals surface area (Å²) in [5, 5.41) is 13.1. The van der Waals surface area contributed by atoms with E-state index in [0.717, 1.165) is 30.1 Å². The van der Waals surface area contributed by atoms with Crippen molar-refractivity contribution in [3.63, 3.8) is 0 Å². The van der Waals surface area contributed by atoms with Crippen LogP contribution >= 0.6 is 11.8 Å². The molecule has 1 rings (SSSR count). The summed E-state index contributed by atoms with van der Waals surface area (Å²) in [7, 11) is 0. The van der Waals surface area contributed by atoms with Crippen molar-refractivity contribution in [1.82, 2.24) is 9.78 Å². The lowest BCUT2D eigenvalue weighted by molar-refractivity contribution is -0.137. The van der Waals surface area contributed by atoms with Crippen molar-refractivity contribution in [3.8, 4) is 0 Å². The van der Waals surface area contributed by atoms with Crippen molar-refractivity contribution >= 4 is 17.7 Å². The van der Waals surface area contributed by atoms with E-state index in [0.29, 0.717) is 5.75 Å². The van der Waals surface area contributed by atoms with E-state index < -0.39 is 12.0 Å². The van der Waals surface area contributed by atoms with Gasteiger partial charge in [-0.15, -0.1) is 0 Å². The molecule has 1 aromatic rings. The molecule has 0 saturated heterocycles. The maximum absolute atomic E-state index is 10.6. The fourth-order valence-electron chi connectivity index (χ4n) is 1.44. The van der Waals surface area contributed by atoms with Gasteiger partial charge in [0.2, 0.25) is 0 Å². The number of nitrogens with zero attached hydrogens (tertiary/aromatic N) is 2. The second-order valence-electron chi connectivity index (χ2n) is 3.76. The van der Waals surface area contributed by atoms with Crippen LogP contribution in [0, 0.1) is 0 Å². The first-order valence-electron chi connectivity index (χ1n) is 5.70. The molecule has 0 aromatic carbocycles. The molecule has 6 heteroatoms. The van der Waals surface area contributed by atoms with Gasteiger partial charge in [0.1, 0.15) is 6.04 Å². The molecule has 0 amide bonds. The van der Waals surface area contributed by atoms with Gasteiger partial charge in [0.25, 0.3) is 0 Å². The molecule has 3 N–H and O–H groups in total. The molecule has 1 heterocycles. The summed E-state index contributed by atoms with van der Waals surface area (Å²) >= 11 is 1.53. The van der Waals surface area contributed by atoms with Gasteiger partial charge >= 0.3 is 5.97 Å². The van der Waals surface area contributed by atoms with Crippen molar-refractivity contribution in [2.24, 2.45) is 5.73 Å². The highest BCUT2D eigenvalue weighted by Gasteiger charge is 2.12. The molecule has 1 aromatic heterocycles. The quantitative estimate of drug-likeness (QED) is 0.764. The third-order valence-electron chi connectivity index (χ3n) is 2.44. The summed E-state index contributed by atoms with van der Waals surface area (Å²) in [4.78, 5) is 10.6. The van der Waals surface area contributed by atoms with Crippen LogP contribution < -0.4 is 5.73 Å². The summed E-state index contributed by atoms with van der Waals surface area (Å²) < 4.78 is 1.96. The van der Waals surface area contributed by atoms with Gasteiger partial charge in [0.15, 0.2) is 0 Å². The topological polar surface area (TPSA) is 81.1 Å². The Hall–Kier alpha value is -1.01. The van der Waals surface area contributed by atoms with E-state index in [4.69, 9.17) is 10.8 Å². The SMILES string of the molecule is CCc1cc(CSCC(N)C(=O)O)n(CC)n1. The fraction of sp³-hybridized carbons (Fsp3) is 0.636. The second kappa shape index (κ2) is 6.66. The third-order valence-corrected chi connectivity index (χ3v) is 3.53. The number of aliphatic carboxylic acids is 1. The zero-order valence-corrected chi connectivity index (χ0v) is 11.0. The van der Waals surface area contributed by atoms with Gasteiger partial charge in [-0.3, -0.25) is 9.48 Å². The van der Waals surface area contributed by atoms with E-state index in [-0.39, 0.29) is 0 Å². The number of aromatic nitrogens is 2. The Kier molecular flexibility index (Phi) is 5.50. The Bertz CT molecular complexity index is 379. The molecule has 0 aliphatic carbocycles. The van der Waals surface area contributed by atoms with E-state index in [1.807, 2.05) is 11.6 Å². The molecule has 17 heavy (non-hydrogen) atoms. The molecule has 0 radical (unpaired) electrons. The molecule has 5 nitrogen and oxygen atoms in total. The number of rotatable bonds is 7. The van der Waals surface area contributed by atoms with Crippen molar-refractivity contribution in [1.29, 1.82) is 0 Å². The molecular weight excluding hydrogens is 238 g/mol. The Labute approximate surface area is 105 Å². The average molecular weight is 257 g/mol. The average Bonchev–Trinajstić information content (AvgIpc) is 2.71. The van der Waals surface area contributed by atoms with Crippen LogP contribution in [-0.4, -0.2) is 32.7 Å². The third kappa shape index (κ3) is 4.05. The maximum atomic E-state index is 10.6. The van der Waals surface area contributed by atoms with Crippen molar-refractivity contribution in [2.75, 3.05) is 5.75 Å². The summed E-state index contributed by atoms with van der Waals surface area (Å²) in [6.07, 6.45) is 0.916. The number of thioether (sulfide) groups is 1. The number of carboxylic acid groups (broad SMARTS) is 1. The predicted octanol–water partition coefficient (Wildman–Crippen LogP) is 1.11. The van der Waals surface area contributed by atoms with Crippen LogP contribution in [-0.2, 0) is 23.5 Å². The highest BCUT2D eigenvalue weighted by Crippen LogP contribution is 2.15. The van der Waals surface area contributed by atoms with E-state index in [9.17, 15) is 4.79 Å². The fourth-order valence-corrected chi connectivity index (χ4v) is 2.40. The highest BCUT2D eigenvalue weighted by atomic mass is 32.2. The highest BCUT2D eigenvalue weighted by molar-refractivity contribution is 7.98. The van der Waals surface area contributed by atoms with Crippen LogP contribution in [0.5, 0.6) is 0 Å². The standard InChI is InChI=1S/C11H19N3O2S/c1-3-8-5-9(14(4-2)13-8)6-17-7-10(12)11(15)16/h5,10H,3-4,6-7,12H2,1-2H3,(H,15,16). The minimum Gasteiger partial charge on any atom is -0.480 e. The first-order chi connectivity index (χ1) is 8.08. The first kappa shape index (κ1) is 14.1. The zero-order chi connectivity index (χ0) is 12.8. The Morgan fingerprint density at radius 2 is 2.35 bits per heavy atom. The van der Waals surface area contributed by atoms with Crippen molar-refractivity contribution < 1.29 is 9.90 Å². The molecule has 0 bridgehead atoms. The smallest absolute Gasteiger partial charge is 0.321 e. The maximum Gasteiger partial charge on any atom is 0.321 e. The van der Waals surface area contributed by atoms with Gasteiger partial charge in [0.05, 0.1) is 5.69 Å². The zero-order valence-electron chi connectivity index (χ0n) is 10.2. The number of hydrogen-bond acceptors (Lipinski definition) is 4. The van der Waals surface area contributed by atoms with E-state index in [1.165, 1.54) is 11.8 Å². The lowest BCUT2D eigenvalue weighted by Gasteiger charge is -2.07. The van der Waals surface area contributed by atoms with Gasteiger partial charge in [-0.2, -0.15) is 16.9 Å². The Morgan fingerprint density at radius 3 is 2.88 bits per heavy atom. The lowest BCUT2D eigenvalue weighted by atomic mass is 10.3. The monoisotopic (exact) mass is 257 g/mol. The van der Waals surface area contributed by atoms with Crippen LogP contribution in [0.4, 0.5) is 0 Å². The van der Waals surface area contributed by atoms with E-state index >= 15 is 0 Å². The Morgan fingerprint density at radius 1 is 1.65 bits per heavy atom. The van der Waals surface area contributed by atoms with Gasteiger partial charge < -0.3 is 10.8 Å². The van der Waals surface area contributed by atoms with E-state index in [2.05, 4.69) is 18.1 Å². The van der Waals surface area contributed by atoms with Crippen molar-refractivity contribution in [2.45, 2.75) is 38.6 Å². The number of hydrogen-bond donors (Lipinski definition) is 2. The molecular formula is C11H19N3O2S.